The first kappa shape index (κ1) is 13.5. The van der Waals surface area contributed by atoms with Crippen molar-refractivity contribution in [3.8, 4) is 11.8 Å². The summed E-state index contributed by atoms with van der Waals surface area (Å²) in [5.74, 6) is 6.02. The monoisotopic (exact) mass is 272 g/mol. The minimum Gasteiger partial charge on any atom is -0.325 e. The Morgan fingerprint density at radius 1 is 1.21 bits per heavy atom. The molecule has 0 radical (unpaired) electrons. The zero-order chi connectivity index (χ0) is 13.7. The van der Waals surface area contributed by atoms with Crippen molar-refractivity contribution in [1.29, 1.82) is 0 Å². The van der Waals surface area contributed by atoms with Crippen molar-refractivity contribution in [3.63, 3.8) is 0 Å². The zero-order valence-electron chi connectivity index (χ0n) is 10.5. The predicted molar refractivity (Wildman–Crippen MR) is 74.5 cm³/mol. The summed E-state index contributed by atoms with van der Waals surface area (Å²) in [5.41, 5.74) is 8.65. The topological polar surface area (TPSA) is 64.7 Å². The van der Waals surface area contributed by atoms with Crippen molar-refractivity contribution in [2.75, 3.05) is 0 Å². The van der Waals surface area contributed by atoms with Crippen LogP contribution in [0.15, 0.2) is 24.7 Å². The molecule has 4 nitrogen and oxygen atoms in total. The second-order valence-corrected chi connectivity index (χ2v) is 4.19. The average Bonchev–Trinajstić information content (AvgIpc) is 2.46. The van der Waals surface area contributed by atoms with Gasteiger partial charge in [0.2, 0.25) is 0 Å². The SMILES string of the molecule is CCc1ncnc(Cl)c1C#Cc1ccc(CN)nc1. The minimum atomic E-state index is 0.380. The molecule has 0 bridgehead atoms. The number of nitrogens with two attached hydrogens (primary N) is 1. The van der Waals surface area contributed by atoms with E-state index in [4.69, 9.17) is 17.3 Å². The van der Waals surface area contributed by atoms with Crippen LogP contribution in [0.25, 0.3) is 0 Å². The third-order valence-electron chi connectivity index (χ3n) is 2.58. The van der Waals surface area contributed by atoms with E-state index in [2.05, 4.69) is 26.8 Å². The van der Waals surface area contributed by atoms with Crippen molar-refractivity contribution in [2.24, 2.45) is 5.73 Å². The smallest absolute Gasteiger partial charge is 0.148 e. The fraction of sp³-hybridized carbons (Fsp3) is 0.214. The molecule has 0 aliphatic carbocycles. The van der Waals surface area contributed by atoms with Gasteiger partial charge in [0.15, 0.2) is 0 Å². The van der Waals surface area contributed by atoms with Gasteiger partial charge in [0.1, 0.15) is 11.5 Å². The van der Waals surface area contributed by atoms with E-state index in [1.807, 2.05) is 19.1 Å². The van der Waals surface area contributed by atoms with Crippen LogP contribution in [0.3, 0.4) is 0 Å². The Hall–Kier alpha value is -1.96. The van der Waals surface area contributed by atoms with Gasteiger partial charge in [-0.2, -0.15) is 0 Å². The molecule has 0 aromatic carbocycles. The number of rotatable bonds is 2. The van der Waals surface area contributed by atoms with Gasteiger partial charge in [-0.25, -0.2) is 9.97 Å². The maximum absolute atomic E-state index is 6.04. The largest absolute Gasteiger partial charge is 0.325 e. The van der Waals surface area contributed by atoms with Crippen LogP contribution < -0.4 is 5.73 Å². The maximum Gasteiger partial charge on any atom is 0.148 e. The van der Waals surface area contributed by atoms with Crippen LogP contribution in [0.4, 0.5) is 0 Å². The van der Waals surface area contributed by atoms with Gasteiger partial charge in [-0.3, -0.25) is 4.98 Å². The van der Waals surface area contributed by atoms with E-state index in [9.17, 15) is 0 Å². The lowest BCUT2D eigenvalue weighted by Gasteiger charge is -2.00. The van der Waals surface area contributed by atoms with Crippen LogP contribution in [-0.4, -0.2) is 15.0 Å². The van der Waals surface area contributed by atoms with Gasteiger partial charge >= 0.3 is 0 Å². The van der Waals surface area contributed by atoms with E-state index < -0.39 is 0 Å². The molecular formula is C14H13ClN4. The molecule has 2 aromatic rings. The van der Waals surface area contributed by atoms with E-state index in [0.717, 1.165) is 23.4 Å². The Kier molecular flexibility index (Phi) is 4.45. The molecule has 2 N–H and O–H groups in total. The highest BCUT2D eigenvalue weighted by Crippen LogP contribution is 2.14. The second-order valence-electron chi connectivity index (χ2n) is 3.83. The quantitative estimate of drug-likeness (QED) is 0.670. The molecule has 5 heteroatoms. The lowest BCUT2D eigenvalue weighted by molar-refractivity contribution is 0.987. The summed E-state index contributed by atoms with van der Waals surface area (Å²) in [7, 11) is 0. The number of hydrogen-bond donors (Lipinski definition) is 1. The van der Waals surface area contributed by atoms with Crippen molar-refractivity contribution in [2.45, 2.75) is 19.9 Å². The summed E-state index contributed by atoms with van der Waals surface area (Å²) < 4.78 is 0. The van der Waals surface area contributed by atoms with E-state index in [0.29, 0.717) is 17.3 Å². The molecule has 0 unspecified atom stereocenters. The summed E-state index contributed by atoms with van der Waals surface area (Å²) in [6, 6.07) is 3.74. The molecule has 19 heavy (non-hydrogen) atoms. The fourth-order valence-corrected chi connectivity index (χ4v) is 1.74. The van der Waals surface area contributed by atoms with Gasteiger partial charge in [0.25, 0.3) is 0 Å². The summed E-state index contributed by atoms with van der Waals surface area (Å²) in [5, 5.41) is 0.380. The Labute approximate surface area is 117 Å². The number of aromatic nitrogens is 3. The Balaban J connectivity index is 2.33. The average molecular weight is 273 g/mol. The van der Waals surface area contributed by atoms with Gasteiger partial charge in [0, 0.05) is 18.3 Å². The molecule has 0 saturated heterocycles. The lowest BCUT2D eigenvalue weighted by atomic mass is 10.2. The molecule has 96 valence electrons. The van der Waals surface area contributed by atoms with Crippen molar-refractivity contribution in [1.82, 2.24) is 15.0 Å². The zero-order valence-corrected chi connectivity index (χ0v) is 11.3. The maximum atomic E-state index is 6.04. The number of pyridine rings is 1. The van der Waals surface area contributed by atoms with Gasteiger partial charge in [0.05, 0.1) is 17.0 Å². The van der Waals surface area contributed by atoms with E-state index in [-0.39, 0.29) is 0 Å². The number of hydrogen-bond acceptors (Lipinski definition) is 4. The number of aryl methyl sites for hydroxylation is 1. The Morgan fingerprint density at radius 2 is 2.05 bits per heavy atom. The molecular weight excluding hydrogens is 260 g/mol. The Bertz CT molecular complexity index is 626. The normalized spacial score (nSPS) is 9.84. The highest BCUT2D eigenvalue weighted by molar-refractivity contribution is 6.30. The van der Waals surface area contributed by atoms with Crippen molar-refractivity contribution >= 4 is 11.6 Å². The minimum absolute atomic E-state index is 0.380. The number of nitrogens with zero attached hydrogens (tertiary/aromatic N) is 3. The molecule has 0 spiro atoms. The predicted octanol–water partition coefficient (Wildman–Crippen LogP) is 1.95. The summed E-state index contributed by atoms with van der Waals surface area (Å²) >= 11 is 6.04. The van der Waals surface area contributed by atoms with Crippen LogP contribution in [0.2, 0.25) is 5.15 Å². The van der Waals surface area contributed by atoms with E-state index in [1.54, 1.807) is 6.20 Å². The van der Waals surface area contributed by atoms with Gasteiger partial charge in [-0.15, -0.1) is 0 Å². The molecule has 0 amide bonds. The van der Waals surface area contributed by atoms with Crippen LogP contribution in [0, 0.1) is 11.8 Å². The standard InChI is InChI=1S/C14H13ClN4/c1-2-13-12(14(15)19-9-18-13)6-4-10-3-5-11(7-16)17-8-10/h3,5,8-9H,2,7,16H2,1H3. The first-order chi connectivity index (χ1) is 9.24. The van der Waals surface area contributed by atoms with E-state index >= 15 is 0 Å². The van der Waals surface area contributed by atoms with Crippen molar-refractivity contribution in [3.05, 3.63) is 52.3 Å². The molecule has 0 saturated carbocycles. The van der Waals surface area contributed by atoms with E-state index in [1.165, 1.54) is 6.33 Å². The molecule has 2 rings (SSSR count). The molecule has 2 heterocycles. The molecule has 2 aromatic heterocycles. The van der Waals surface area contributed by atoms with Crippen LogP contribution in [0.5, 0.6) is 0 Å². The second kappa shape index (κ2) is 6.28. The summed E-state index contributed by atoms with van der Waals surface area (Å²) in [6.07, 6.45) is 3.90. The van der Waals surface area contributed by atoms with Gasteiger partial charge in [-0.1, -0.05) is 30.4 Å². The van der Waals surface area contributed by atoms with Gasteiger partial charge < -0.3 is 5.73 Å². The third kappa shape index (κ3) is 3.28. The summed E-state index contributed by atoms with van der Waals surface area (Å²) in [4.78, 5) is 12.3. The first-order valence-electron chi connectivity index (χ1n) is 5.91. The van der Waals surface area contributed by atoms with Crippen molar-refractivity contribution < 1.29 is 0 Å². The Morgan fingerprint density at radius 3 is 2.68 bits per heavy atom. The highest BCUT2D eigenvalue weighted by Gasteiger charge is 2.05. The first-order valence-corrected chi connectivity index (χ1v) is 6.28. The highest BCUT2D eigenvalue weighted by atomic mass is 35.5. The van der Waals surface area contributed by atoms with Crippen LogP contribution in [0.1, 0.15) is 29.4 Å². The summed E-state index contributed by atoms with van der Waals surface area (Å²) in [6.45, 7) is 2.42. The van der Waals surface area contributed by atoms with Gasteiger partial charge in [-0.05, 0) is 18.6 Å². The molecule has 0 atom stereocenters. The third-order valence-corrected chi connectivity index (χ3v) is 2.87. The number of halogens is 1. The fourth-order valence-electron chi connectivity index (χ4n) is 1.54. The molecule has 0 aliphatic heterocycles. The molecule has 0 fully saturated rings. The van der Waals surface area contributed by atoms with Crippen LogP contribution in [-0.2, 0) is 13.0 Å². The lowest BCUT2D eigenvalue weighted by Crippen LogP contribution is -1.98. The van der Waals surface area contributed by atoms with Crippen LogP contribution >= 0.6 is 11.6 Å². The molecule has 0 aliphatic rings.